The lowest BCUT2D eigenvalue weighted by Gasteiger charge is -2.32. The highest BCUT2D eigenvalue weighted by atomic mass is 19.4. The Morgan fingerprint density at radius 1 is 1.08 bits per heavy atom. The molecular weight excluding hydrogens is 500 g/mol. The van der Waals surface area contributed by atoms with Crippen molar-refractivity contribution in [1.29, 1.82) is 0 Å². The maximum absolute atomic E-state index is 14.4. The van der Waals surface area contributed by atoms with Crippen molar-refractivity contribution in [2.75, 3.05) is 12.1 Å². The number of carboxylic acids is 1. The van der Waals surface area contributed by atoms with Gasteiger partial charge in [-0.25, -0.2) is 4.39 Å². The van der Waals surface area contributed by atoms with E-state index in [0.29, 0.717) is 23.4 Å². The number of ether oxygens (including phenoxy) is 1. The molecular formula is C29H28F4N2O3. The number of hydrazone groups is 1. The third kappa shape index (κ3) is 5.37. The van der Waals surface area contributed by atoms with Crippen molar-refractivity contribution in [2.45, 2.75) is 45.8 Å². The predicted molar refractivity (Wildman–Crippen MR) is 138 cm³/mol. The van der Waals surface area contributed by atoms with E-state index < -0.39 is 35.7 Å². The summed E-state index contributed by atoms with van der Waals surface area (Å²) in [6.07, 6.45) is -4.61. The van der Waals surface area contributed by atoms with Crippen LogP contribution in [0.15, 0.2) is 65.8 Å². The first-order valence-corrected chi connectivity index (χ1v) is 12.0. The molecule has 1 atom stereocenters. The molecule has 0 amide bonds. The molecule has 1 aliphatic rings. The van der Waals surface area contributed by atoms with Crippen molar-refractivity contribution in [3.8, 4) is 16.9 Å². The van der Waals surface area contributed by atoms with E-state index >= 15 is 0 Å². The van der Waals surface area contributed by atoms with Crippen molar-refractivity contribution in [3.05, 3.63) is 83.2 Å². The van der Waals surface area contributed by atoms with Gasteiger partial charge in [0.15, 0.2) is 0 Å². The van der Waals surface area contributed by atoms with E-state index in [2.05, 4.69) is 5.10 Å². The van der Waals surface area contributed by atoms with Crippen LogP contribution in [-0.2, 0) is 11.2 Å². The third-order valence-electron chi connectivity index (χ3n) is 7.01. The highest BCUT2D eigenvalue weighted by Crippen LogP contribution is 2.44. The highest BCUT2D eigenvalue weighted by molar-refractivity contribution is 5.98. The maximum Gasteiger partial charge on any atom is 0.431 e. The van der Waals surface area contributed by atoms with Crippen molar-refractivity contribution in [3.63, 3.8) is 0 Å². The fraction of sp³-hybridized carbons (Fsp3) is 0.310. The van der Waals surface area contributed by atoms with Gasteiger partial charge >= 0.3 is 12.1 Å². The molecule has 38 heavy (non-hydrogen) atoms. The van der Waals surface area contributed by atoms with Crippen LogP contribution in [0, 0.1) is 18.2 Å². The first-order valence-electron chi connectivity index (χ1n) is 12.0. The molecule has 3 aromatic rings. The highest BCUT2D eigenvalue weighted by Gasteiger charge is 2.55. The zero-order valence-corrected chi connectivity index (χ0v) is 21.4. The third-order valence-corrected chi connectivity index (χ3v) is 7.01. The number of carboxylic acid groups (broad SMARTS) is 1. The minimum absolute atomic E-state index is 0.351. The summed E-state index contributed by atoms with van der Waals surface area (Å²) >= 11 is 0. The Bertz CT molecular complexity index is 1380. The molecule has 0 spiro atoms. The molecule has 1 heterocycles. The van der Waals surface area contributed by atoms with E-state index in [4.69, 9.17) is 4.74 Å². The Labute approximate surface area is 218 Å². The molecule has 0 saturated carbocycles. The standard InChI is InChI=1S/C29H28F4N2O3/c1-17-13-20(23-15-22(38-4)11-12-24(23)30)8-7-19(17)14-18-5-9-21(10-6-18)35-25(16-26(36)37)28(2,3)27(34-35)29(31,32)33/h5-13,15,25H,14,16H2,1-4H3,(H,36,37). The zero-order chi connectivity index (χ0) is 27.8. The lowest BCUT2D eigenvalue weighted by atomic mass is 9.78. The Kier molecular flexibility index (Phi) is 7.23. The first kappa shape index (κ1) is 27.2. The summed E-state index contributed by atoms with van der Waals surface area (Å²) in [4.78, 5) is 11.4. The first-order chi connectivity index (χ1) is 17.8. The van der Waals surface area contributed by atoms with E-state index in [-0.39, 0.29) is 5.82 Å². The molecule has 5 nitrogen and oxygen atoms in total. The van der Waals surface area contributed by atoms with Crippen LogP contribution in [0.1, 0.15) is 37.0 Å². The van der Waals surface area contributed by atoms with Gasteiger partial charge in [0, 0.05) is 11.0 Å². The van der Waals surface area contributed by atoms with Gasteiger partial charge in [-0.1, -0.05) is 44.2 Å². The number of aliphatic carboxylic acids is 1. The quantitative estimate of drug-likeness (QED) is 0.335. The number of nitrogens with zero attached hydrogens (tertiary/aromatic N) is 2. The fourth-order valence-corrected chi connectivity index (χ4v) is 4.84. The molecule has 0 radical (unpaired) electrons. The lowest BCUT2D eigenvalue weighted by Crippen LogP contribution is -2.45. The van der Waals surface area contributed by atoms with Crippen LogP contribution < -0.4 is 9.75 Å². The van der Waals surface area contributed by atoms with Gasteiger partial charge in [-0.2, -0.15) is 18.3 Å². The van der Waals surface area contributed by atoms with E-state index in [0.717, 1.165) is 22.3 Å². The Morgan fingerprint density at radius 2 is 1.76 bits per heavy atom. The number of rotatable bonds is 7. The van der Waals surface area contributed by atoms with Crippen molar-refractivity contribution in [2.24, 2.45) is 10.5 Å². The Balaban J connectivity index is 1.58. The summed E-state index contributed by atoms with van der Waals surface area (Å²) in [5.74, 6) is -0.992. The number of anilines is 1. The van der Waals surface area contributed by atoms with Crippen LogP contribution in [0.5, 0.6) is 5.75 Å². The van der Waals surface area contributed by atoms with Crippen LogP contribution in [0.2, 0.25) is 0 Å². The maximum atomic E-state index is 14.4. The minimum atomic E-state index is -4.67. The zero-order valence-electron chi connectivity index (χ0n) is 21.4. The molecule has 0 aliphatic carbocycles. The van der Waals surface area contributed by atoms with E-state index in [9.17, 15) is 27.5 Å². The molecule has 200 valence electrons. The summed E-state index contributed by atoms with van der Waals surface area (Å²) in [5.41, 5.74) is 1.91. The van der Waals surface area contributed by atoms with Crippen molar-refractivity contribution in [1.82, 2.24) is 0 Å². The number of carbonyl (C=O) groups is 1. The molecule has 0 fully saturated rings. The van der Waals surface area contributed by atoms with E-state index in [1.807, 2.05) is 25.1 Å². The summed E-state index contributed by atoms with van der Waals surface area (Å²) in [5, 5.41) is 14.3. The monoisotopic (exact) mass is 528 g/mol. The number of benzene rings is 3. The van der Waals surface area contributed by atoms with E-state index in [1.165, 1.54) is 32.0 Å². The molecule has 0 saturated heterocycles. The summed E-state index contributed by atoms with van der Waals surface area (Å²) in [6, 6.07) is 16.1. The van der Waals surface area contributed by atoms with Gasteiger partial charge < -0.3 is 9.84 Å². The molecule has 1 aliphatic heterocycles. The molecule has 3 aromatic carbocycles. The molecule has 1 unspecified atom stereocenters. The number of halogens is 4. The van der Waals surface area contributed by atoms with Gasteiger partial charge in [-0.05, 0) is 65.9 Å². The van der Waals surface area contributed by atoms with Crippen molar-refractivity contribution >= 4 is 17.4 Å². The molecule has 1 N–H and O–H groups in total. The van der Waals surface area contributed by atoms with Gasteiger partial charge in [0.05, 0.1) is 25.3 Å². The fourth-order valence-electron chi connectivity index (χ4n) is 4.84. The second-order valence-electron chi connectivity index (χ2n) is 9.96. The molecule has 0 aromatic heterocycles. The number of alkyl halides is 3. The number of aryl methyl sites for hydroxylation is 1. The van der Waals surface area contributed by atoms with Crippen LogP contribution in [0.4, 0.5) is 23.2 Å². The topological polar surface area (TPSA) is 62.1 Å². The molecule has 0 bridgehead atoms. The number of hydrogen-bond donors (Lipinski definition) is 1. The second kappa shape index (κ2) is 10.1. The second-order valence-corrected chi connectivity index (χ2v) is 9.96. The number of hydrogen-bond acceptors (Lipinski definition) is 4. The van der Waals surface area contributed by atoms with Crippen LogP contribution in [0.25, 0.3) is 11.1 Å². The van der Waals surface area contributed by atoms with Gasteiger partial charge in [0.2, 0.25) is 0 Å². The summed E-state index contributed by atoms with van der Waals surface area (Å²) in [6.45, 7) is 4.66. The average Bonchev–Trinajstić information content (AvgIpc) is 3.11. The van der Waals surface area contributed by atoms with Gasteiger partial charge in [-0.15, -0.1) is 0 Å². The van der Waals surface area contributed by atoms with Crippen LogP contribution in [-0.4, -0.2) is 36.1 Å². The normalized spacial score (nSPS) is 16.9. The van der Waals surface area contributed by atoms with Crippen molar-refractivity contribution < 1.29 is 32.2 Å². The smallest absolute Gasteiger partial charge is 0.431 e. The Morgan fingerprint density at radius 3 is 2.34 bits per heavy atom. The summed E-state index contributed by atoms with van der Waals surface area (Å²) < 4.78 is 60.6. The summed E-state index contributed by atoms with van der Waals surface area (Å²) in [7, 11) is 1.52. The minimum Gasteiger partial charge on any atom is -0.497 e. The number of methoxy groups -OCH3 is 1. The molecule has 9 heteroatoms. The largest absolute Gasteiger partial charge is 0.497 e. The van der Waals surface area contributed by atoms with Gasteiger partial charge in [0.1, 0.15) is 17.3 Å². The predicted octanol–water partition coefficient (Wildman–Crippen LogP) is 7.01. The van der Waals surface area contributed by atoms with Crippen LogP contribution in [0.3, 0.4) is 0 Å². The lowest BCUT2D eigenvalue weighted by molar-refractivity contribution is -0.137. The Hall–Kier alpha value is -3.88. The van der Waals surface area contributed by atoms with E-state index in [1.54, 1.807) is 36.4 Å². The van der Waals surface area contributed by atoms with Crippen LogP contribution >= 0.6 is 0 Å². The molecule has 4 rings (SSSR count). The SMILES string of the molecule is COc1ccc(F)c(-c2ccc(Cc3ccc(N4N=C(C(F)(F)F)C(C)(C)C4CC(=O)O)cc3)c(C)c2)c1. The average molecular weight is 529 g/mol. The van der Waals surface area contributed by atoms with Gasteiger partial charge in [0.25, 0.3) is 0 Å². The van der Waals surface area contributed by atoms with Gasteiger partial charge in [-0.3, -0.25) is 9.80 Å².